The second-order valence-electron chi connectivity index (χ2n) is 5.46. The number of halogens is 1. The Morgan fingerprint density at radius 1 is 1.40 bits per heavy atom. The van der Waals surface area contributed by atoms with E-state index in [4.69, 9.17) is 5.73 Å². The summed E-state index contributed by atoms with van der Waals surface area (Å²) < 4.78 is 2.78. The number of amides is 2. The summed E-state index contributed by atoms with van der Waals surface area (Å²) in [7, 11) is 0. The zero-order valence-corrected chi connectivity index (χ0v) is 13.4. The molecule has 20 heavy (non-hydrogen) atoms. The Kier molecular flexibility index (Phi) is 4.52. The van der Waals surface area contributed by atoms with Crippen molar-refractivity contribution in [2.75, 3.05) is 6.54 Å². The highest BCUT2D eigenvalue weighted by molar-refractivity contribution is 9.10. The molecule has 2 N–H and O–H groups in total. The van der Waals surface area contributed by atoms with Crippen LogP contribution < -0.4 is 5.73 Å². The highest BCUT2D eigenvalue weighted by Crippen LogP contribution is 2.24. The number of likely N-dealkylation sites (tertiary alicyclic amines) is 1. The molecule has 1 aromatic rings. The molecule has 0 aromatic carbocycles. The first-order valence-electron chi connectivity index (χ1n) is 6.89. The van der Waals surface area contributed by atoms with Gasteiger partial charge < -0.3 is 15.2 Å². The maximum Gasteiger partial charge on any atom is 0.271 e. The van der Waals surface area contributed by atoms with E-state index in [1.165, 1.54) is 0 Å². The lowest BCUT2D eigenvalue weighted by molar-refractivity contribution is -0.123. The first-order valence-corrected chi connectivity index (χ1v) is 7.68. The molecule has 1 aliphatic rings. The van der Waals surface area contributed by atoms with E-state index < -0.39 is 11.9 Å². The zero-order chi connectivity index (χ0) is 14.9. The average Bonchev–Trinajstić information content (AvgIpc) is 2.80. The Hall–Kier alpha value is -1.30. The number of hydrogen-bond donors (Lipinski definition) is 1. The van der Waals surface area contributed by atoms with Gasteiger partial charge in [-0.25, -0.2) is 0 Å². The molecule has 1 saturated heterocycles. The lowest BCUT2D eigenvalue weighted by Gasteiger charge is -2.34. The number of carbonyl (C=O) groups excluding carboxylic acids is 2. The monoisotopic (exact) mass is 341 g/mol. The molecule has 2 amide bonds. The second-order valence-corrected chi connectivity index (χ2v) is 6.37. The normalized spacial score (nSPS) is 19.4. The van der Waals surface area contributed by atoms with Gasteiger partial charge in [-0.05, 0) is 55.1 Å². The van der Waals surface area contributed by atoms with Gasteiger partial charge in [0.25, 0.3) is 5.91 Å². The molecule has 1 fully saturated rings. The summed E-state index contributed by atoms with van der Waals surface area (Å²) in [5.41, 5.74) is 6.02. The van der Waals surface area contributed by atoms with Crippen molar-refractivity contribution in [2.45, 2.75) is 45.2 Å². The predicted octanol–water partition coefficient (Wildman–Crippen LogP) is 2.31. The summed E-state index contributed by atoms with van der Waals surface area (Å²) in [6, 6.07) is 1.50. The average molecular weight is 342 g/mol. The standard InChI is InChI=1S/C14H20BrN3O2/c1-9(2)18-8-10(15)7-12(18)14(20)17-6-4-3-5-11(17)13(16)19/h7-9,11H,3-6H2,1-2H3,(H2,16,19). The van der Waals surface area contributed by atoms with Gasteiger partial charge in [0.05, 0.1) is 0 Å². The topological polar surface area (TPSA) is 68.3 Å². The van der Waals surface area contributed by atoms with Crippen LogP contribution >= 0.6 is 15.9 Å². The SMILES string of the molecule is CC(C)n1cc(Br)cc1C(=O)N1CCCCC1C(N)=O. The lowest BCUT2D eigenvalue weighted by atomic mass is 10.0. The molecule has 0 saturated carbocycles. The fraction of sp³-hybridized carbons (Fsp3) is 0.571. The number of primary amides is 1. The van der Waals surface area contributed by atoms with Crippen LogP contribution in [-0.2, 0) is 4.79 Å². The van der Waals surface area contributed by atoms with Crippen LogP contribution in [0.2, 0.25) is 0 Å². The summed E-state index contributed by atoms with van der Waals surface area (Å²) in [6.45, 7) is 4.63. The Labute approximate surface area is 127 Å². The molecule has 1 unspecified atom stereocenters. The highest BCUT2D eigenvalue weighted by Gasteiger charge is 2.32. The molecule has 2 rings (SSSR count). The fourth-order valence-corrected chi connectivity index (χ4v) is 3.10. The molecule has 6 heteroatoms. The molecule has 0 radical (unpaired) electrons. The smallest absolute Gasteiger partial charge is 0.271 e. The zero-order valence-electron chi connectivity index (χ0n) is 11.8. The molecule has 0 aliphatic carbocycles. The van der Waals surface area contributed by atoms with E-state index in [2.05, 4.69) is 15.9 Å². The first-order chi connectivity index (χ1) is 9.41. The Balaban J connectivity index is 2.32. The van der Waals surface area contributed by atoms with E-state index in [0.29, 0.717) is 18.7 Å². The molecule has 110 valence electrons. The summed E-state index contributed by atoms with van der Waals surface area (Å²) in [5, 5.41) is 0. The minimum atomic E-state index is -0.481. The van der Waals surface area contributed by atoms with Gasteiger partial charge in [0.2, 0.25) is 5.91 Å². The number of rotatable bonds is 3. The largest absolute Gasteiger partial charge is 0.368 e. The molecular weight excluding hydrogens is 322 g/mol. The van der Waals surface area contributed by atoms with Crippen molar-refractivity contribution in [3.63, 3.8) is 0 Å². The Bertz CT molecular complexity index is 524. The van der Waals surface area contributed by atoms with Crippen LogP contribution in [0.3, 0.4) is 0 Å². The number of hydrogen-bond acceptors (Lipinski definition) is 2. The molecule has 0 bridgehead atoms. The van der Waals surface area contributed by atoms with Gasteiger partial charge in [0.15, 0.2) is 0 Å². The Morgan fingerprint density at radius 2 is 2.10 bits per heavy atom. The number of piperidine rings is 1. The molecule has 0 spiro atoms. The molecule has 2 heterocycles. The van der Waals surface area contributed by atoms with Crippen molar-refractivity contribution in [2.24, 2.45) is 5.73 Å². The molecule has 1 aliphatic heterocycles. The van der Waals surface area contributed by atoms with Gasteiger partial charge in [-0.3, -0.25) is 9.59 Å². The van der Waals surface area contributed by atoms with Gasteiger partial charge in [-0.2, -0.15) is 0 Å². The third kappa shape index (κ3) is 2.90. The first kappa shape index (κ1) is 15.1. The fourth-order valence-electron chi connectivity index (χ4n) is 2.66. The van der Waals surface area contributed by atoms with Crippen LogP contribution in [-0.4, -0.2) is 33.9 Å². The Morgan fingerprint density at radius 3 is 2.70 bits per heavy atom. The van der Waals surface area contributed by atoms with Gasteiger partial charge in [-0.15, -0.1) is 0 Å². The van der Waals surface area contributed by atoms with Crippen molar-refractivity contribution in [3.8, 4) is 0 Å². The van der Waals surface area contributed by atoms with E-state index in [0.717, 1.165) is 17.3 Å². The van der Waals surface area contributed by atoms with Gasteiger partial charge in [0, 0.05) is 23.3 Å². The lowest BCUT2D eigenvalue weighted by Crippen LogP contribution is -2.50. The molecular formula is C14H20BrN3O2. The van der Waals surface area contributed by atoms with Crippen LogP contribution in [0.15, 0.2) is 16.7 Å². The predicted molar refractivity (Wildman–Crippen MR) is 80.4 cm³/mol. The highest BCUT2D eigenvalue weighted by atomic mass is 79.9. The van der Waals surface area contributed by atoms with Crippen LogP contribution in [0.25, 0.3) is 0 Å². The van der Waals surface area contributed by atoms with E-state index >= 15 is 0 Å². The van der Waals surface area contributed by atoms with E-state index in [1.807, 2.05) is 24.6 Å². The maximum absolute atomic E-state index is 12.7. The third-order valence-corrected chi connectivity index (χ3v) is 4.12. The quantitative estimate of drug-likeness (QED) is 0.916. The van der Waals surface area contributed by atoms with Crippen molar-refractivity contribution in [1.82, 2.24) is 9.47 Å². The van der Waals surface area contributed by atoms with Gasteiger partial charge in [-0.1, -0.05) is 0 Å². The summed E-state index contributed by atoms with van der Waals surface area (Å²) in [6.07, 6.45) is 4.40. The number of aromatic nitrogens is 1. The van der Waals surface area contributed by atoms with Crippen LogP contribution in [0, 0.1) is 0 Å². The second kappa shape index (κ2) is 5.99. The van der Waals surface area contributed by atoms with E-state index in [1.54, 1.807) is 11.0 Å². The summed E-state index contributed by atoms with van der Waals surface area (Å²) >= 11 is 3.40. The van der Waals surface area contributed by atoms with Crippen molar-refractivity contribution < 1.29 is 9.59 Å². The van der Waals surface area contributed by atoms with E-state index in [9.17, 15) is 9.59 Å². The van der Waals surface area contributed by atoms with Gasteiger partial charge >= 0.3 is 0 Å². The van der Waals surface area contributed by atoms with Gasteiger partial charge in [0.1, 0.15) is 11.7 Å². The number of nitrogens with two attached hydrogens (primary N) is 1. The number of nitrogens with zero attached hydrogens (tertiary/aromatic N) is 2. The van der Waals surface area contributed by atoms with Crippen LogP contribution in [0.1, 0.15) is 49.6 Å². The minimum Gasteiger partial charge on any atom is -0.368 e. The van der Waals surface area contributed by atoms with Crippen molar-refractivity contribution in [1.29, 1.82) is 0 Å². The molecule has 1 atom stereocenters. The summed E-state index contributed by atoms with van der Waals surface area (Å²) in [5.74, 6) is -0.535. The van der Waals surface area contributed by atoms with E-state index in [-0.39, 0.29) is 11.9 Å². The van der Waals surface area contributed by atoms with Crippen molar-refractivity contribution in [3.05, 3.63) is 22.4 Å². The summed E-state index contributed by atoms with van der Waals surface area (Å²) in [4.78, 5) is 25.9. The van der Waals surface area contributed by atoms with Crippen LogP contribution in [0.5, 0.6) is 0 Å². The molecule has 5 nitrogen and oxygen atoms in total. The van der Waals surface area contributed by atoms with Crippen LogP contribution in [0.4, 0.5) is 0 Å². The third-order valence-electron chi connectivity index (χ3n) is 3.68. The van der Waals surface area contributed by atoms with Crippen molar-refractivity contribution >= 4 is 27.7 Å². The molecule has 1 aromatic heterocycles. The number of carbonyl (C=O) groups is 2. The maximum atomic E-state index is 12.7. The minimum absolute atomic E-state index is 0.118.